The van der Waals surface area contributed by atoms with Crippen molar-refractivity contribution < 1.29 is 13.2 Å². The highest BCUT2D eigenvalue weighted by molar-refractivity contribution is 7.89. The van der Waals surface area contributed by atoms with Gasteiger partial charge in [-0.25, -0.2) is 8.42 Å². The van der Waals surface area contributed by atoms with Gasteiger partial charge in [0, 0.05) is 26.3 Å². The van der Waals surface area contributed by atoms with Crippen molar-refractivity contribution in [3.63, 3.8) is 0 Å². The Hall–Kier alpha value is -1.31. The maximum Gasteiger partial charge on any atom is 0.245 e. The average molecular weight is 334 g/mol. The van der Waals surface area contributed by atoms with Gasteiger partial charge in [0.25, 0.3) is 0 Å². The molecule has 0 unspecified atom stereocenters. The van der Waals surface area contributed by atoms with Gasteiger partial charge in [0.05, 0.1) is 11.6 Å². The molecular weight excluding hydrogens is 314 g/mol. The van der Waals surface area contributed by atoms with E-state index in [4.69, 9.17) is 17.3 Å². The Morgan fingerprint density at radius 3 is 2.38 bits per heavy atom. The van der Waals surface area contributed by atoms with E-state index < -0.39 is 10.0 Å². The van der Waals surface area contributed by atoms with E-state index in [2.05, 4.69) is 0 Å². The first-order valence-corrected chi connectivity index (χ1v) is 8.19. The number of nitrogen functional groups attached to an aromatic ring is 1. The van der Waals surface area contributed by atoms with E-state index in [-0.39, 0.29) is 28.9 Å². The third-order valence-corrected chi connectivity index (χ3v) is 5.49. The molecule has 0 heterocycles. The molecule has 1 aromatic carbocycles. The summed E-state index contributed by atoms with van der Waals surface area (Å²) in [5.74, 6) is -0.309. The standard InChI is InChI=1S/C13H20ClN3O3S/c1-5-17(8-13(18)16(3)4)21(19,20)12-7-11(15)9(2)6-10(12)14/h6-7H,5,8,15H2,1-4H3. The highest BCUT2D eigenvalue weighted by Gasteiger charge is 2.28. The summed E-state index contributed by atoms with van der Waals surface area (Å²) in [6, 6.07) is 2.83. The molecule has 0 saturated carbocycles. The highest BCUT2D eigenvalue weighted by Crippen LogP contribution is 2.29. The summed E-state index contributed by atoms with van der Waals surface area (Å²) < 4.78 is 26.3. The van der Waals surface area contributed by atoms with Gasteiger partial charge in [-0.15, -0.1) is 0 Å². The largest absolute Gasteiger partial charge is 0.398 e. The molecular formula is C13H20ClN3O3S. The number of nitrogens with two attached hydrogens (primary N) is 1. The Labute approximate surface area is 130 Å². The van der Waals surface area contributed by atoms with Crippen molar-refractivity contribution in [1.29, 1.82) is 0 Å². The number of likely N-dealkylation sites (N-methyl/N-ethyl adjacent to an activating group) is 2. The van der Waals surface area contributed by atoms with Crippen LogP contribution in [-0.2, 0) is 14.8 Å². The second kappa shape index (κ2) is 6.64. The summed E-state index contributed by atoms with van der Waals surface area (Å²) in [6.07, 6.45) is 0. The lowest BCUT2D eigenvalue weighted by Crippen LogP contribution is -2.40. The normalized spacial score (nSPS) is 11.7. The van der Waals surface area contributed by atoms with E-state index >= 15 is 0 Å². The van der Waals surface area contributed by atoms with Gasteiger partial charge in [-0.05, 0) is 24.6 Å². The SMILES string of the molecule is CCN(CC(=O)N(C)C)S(=O)(=O)c1cc(N)c(C)cc1Cl. The molecule has 2 N–H and O–H groups in total. The number of carbonyl (C=O) groups is 1. The average Bonchev–Trinajstić information content (AvgIpc) is 2.39. The second-order valence-electron chi connectivity index (χ2n) is 4.86. The van der Waals surface area contributed by atoms with Crippen LogP contribution in [0.1, 0.15) is 12.5 Å². The lowest BCUT2D eigenvalue weighted by molar-refractivity contribution is -0.128. The minimum absolute atomic E-state index is 0.0827. The molecule has 0 aliphatic carbocycles. The van der Waals surface area contributed by atoms with Crippen LogP contribution in [0.4, 0.5) is 5.69 Å². The third kappa shape index (κ3) is 3.87. The van der Waals surface area contributed by atoms with Crippen molar-refractivity contribution in [2.75, 3.05) is 32.9 Å². The van der Waals surface area contributed by atoms with Crippen LogP contribution in [0.25, 0.3) is 0 Å². The number of benzene rings is 1. The molecule has 0 atom stereocenters. The Morgan fingerprint density at radius 2 is 1.90 bits per heavy atom. The maximum absolute atomic E-state index is 12.6. The molecule has 0 aromatic heterocycles. The van der Waals surface area contributed by atoms with Crippen molar-refractivity contribution in [2.45, 2.75) is 18.7 Å². The maximum atomic E-state index is 12.6. The van der Waals surface area contributed by atoms with Crippen LogP contribution in [-0.4, -0.2) is 50.7 Å². The zero-order valence-corrected chi connectivity index (χ0v) is 14.1. The minimum atomic E-state index is -3.88. The first kappa shape index (κ1) is 17.7. The number of carbonyl (C=O) groups excluding carboxylic acids is 1. The van der Waals surface area contributed by atoms with Gasteiger partial charge in [0.1, 0.15) is 4.90 Å². The van der Waals surface area contributed by atoms with Crippen molar-refractivity contribution >= 4 is 33.2 Å². The molecule has 0 spiro atoms. The summed E-state index contributed by atoms with van der Waals surface area (Å²) >= 11 is 6.03. The smallest absolute Gasteiger partial charge is 0.245 e. The van der Waals surface area contributed by atoms with Crippen LogP contribution in [0.5, 0.6) is 0 Å². The monoisotopic (exact) mass is 333 g/mol. The number of aryl methyl sites for hydroxylation is 1. The van der Waals surface area contributed by atoms with E-state index in [1.807, 2.05) is 0 Å². The summed E-state index contributed by atoms with van der Waals surface area (Å²) in [6.45, 7) is 3.32. The molecule has 118 valence electrons. The van der Waals surface area contributed by atoms with Crippen molar-refractivity contribution in [2.24, 2.45) is 0 Å². The van der Waals surface area contributed by atoms with Crippen molar-refractivity contribution in [1.82, 2.24) is 9.21 Å². The molecule has 6 nitrogen and oxygen atoms in total. The van der Waals surface area contributed by atoms with Gasteiger partial charge >= 0.3 is 0 Å². The number of anilines is 1. The van der Waals surface area contributed by atoms with Gasteiger partial charge in [0.15, 0.2) is 0 Å². The summed E-state index contributed by atoms with van der Waals surface area (Å²) in [7, 11) is -0.738. The molecule has 1 aromatic rings. The van der Waals surface area contributed by atoms with E-state index in [9.17, 15) is 13.2 Å². The van der Waals surface area contributed by atoms with Crippen LogP contribution in [0.3, 0.4) is 0 Å². The molecule has 0 radical (unpaired) electrons. The van der Waals surface area contributed by atoms with Crippen LogP contribution in [0.2, 0.25) is 5.02 Å². The topological polar surface area (TPSA) is 83.7 Å². The van der Waals surface area contributed by atoms with Crippen LogP contribution >= 0.6 is 11.6 Å². The second-order valence-corrected chi connectivity index (χ2v) is 7.17. The molecule has 8 heteroatoms. The summed E-state index contributed by atoms with van der Waals surface area (Å²) in [4.78, 5) is 13.0. The van der Waals surface area contributed by atoms with E-state index in [0.29, 0.717) is 11.3 Å². The number of halogens is 1. The minimum Gasteiger partial charge on any atom is -0.398 e. The molecule has 21 heavy (non-hydrogen) atoms. The molecule has 0 aliphatic rings. The molecule has 1 rings (SSSR count). The van der Waals surface area contributed by atoms with Gasteiger partial charge in [-0.3, -0.25) is 4.79 Å². The van der Waals surface area contributed by atoms with Crippen LogP contribution in [0.15, 0.2) is 17.0 Å². The van der Waals surface area contributed by atoms with E-state index in [1.165, 1.54) is 17.0 Å². The fraction of sp³-hybridized carbons (Fsp3) is 0.462. The van der Waals surface area contributed by atoms with Gasteiger partial charge in [-0.1, -0.05) is 18.5 Å². The zero-order valence-electron chi connectivity index (χ0n) is 12.6. The molecule has 0 bridgehead atoms. The van der Waals surface area contributed by atoms with Crippen molar-refractivity contribution in [3.05, 3.63) is 22.7 Å². The lowest BCUT2D eigenvalue weighted by Gasteiger charge is -2.22. The van der Waals surface area contributed by atoms with E-state index in [0.717, 1.165) is 4.31 Å². The fourth-order valence-corrected chi connectivity index (χ4v) is 3.65. The van der Waals surface area contributed by atoms with E-state index in [1.54, 1.807) is 27.9 Å². The first-order valence-electron chi connectivity index (χ1n) is 6.37. The molecule has 0 saturated heterocycles. The quantitative estimate of drug-likeness (QED) is 0.824. The number of hydrogen-bond donors (Lipinski definition) is 1. The predicted molar refractivity (Wildman–Crippen MR) is 83.7 cm³/mol. The van der Waals surface area contributed by atoms with Gasteiger partial charge < -0.3 is 10.6 Å². The summed E-state index contributed by atoms with van der Waals surface area (Å²) in [5.41, 5.74) is 6.80. The Morgan fingerprint density at radius 1 is 1.33 bits per heavy atom. The van der Waals surface area contributed by atoms with Gasteiger partial charge in [-0.2, -0.15) is 4.31 Å². The van der Waals surface area contributed by atoms with Gasteiger partial charge in [0.2, 0.25) is 15.9 Å². The molecule has 1 amide bonds. The van der Waals surface area contributed by atoms with Crippen LogP contribution in [0, 0.1) is 6.92 Å². The Bertz CT molecular complexity index is 644. The third-order valence-electron chi connectivity index (χ3n) is 3.10. The zero-order chi connectivity index (χ0) is 16.4. The molecule has 0 fully saturated rings. The number of nitrogens with zero attached hydrogens (tertiary/aromatic N) is 2. The van der Waals surface area contributed by atoms with Crippen LogP contribution < -0.4 is 5.73 Å². The number of sulfonamides is 1. The highest BCUT2D eigenvalue weighted by atomic mass is 35.5. The summed E-state index contributed by atoms with van der Waals surface area (Å²) in [5, 5.41) is 0.0949. The fourth-order valence-electron chi connectivity index (χ4n) is 1.66. The first-order chi connectivity index (χ1) is 9.61. The molecule has 0 aliphatic heterocycles. The Balaban J connectivity index is 3.25. The lowest BCUT2D eigenvalue weighted by atomic mass is 10.2. The van der Waals surface area contributed by atoms with Crippen molar-refractivity contribution in [3.8, 4) is 0 Å². The number of hydrogen-bond acceptors (Lipinski definition) is 4. The number of rotatable bonds is 5. The number of amides is 1. The predicted octanol–water partition coefficient (Wildman–Crippen LogP) is 1.33. The Kier molecular flexibility index (Phi) is 5.61.